The molecule has 0 amide bonds. The van der Waals surface area contributed by atoms with Crippen LogP contribution in [0.15, 0.2) is 29.2 Å². The molecule has 0 bridgehead atoms. The van der Waals surface area contributed by atoms with Gasteiger partial charge in [0, 0.05) is 43.7 Å². The summed E-state index contributed by atoms with van der Waals surface area (Å²) in [5, 5.41) is 9.40. The minimum Gasteiger partial charge on any atom is -0.396 e. The lowest BCUT2D eigenvalue weighted by Crippen LogP contribution is -2.53. The lowest BCUT2D eigenvalue weighted by molar-refractivity contribution is 0.0524. The summed E-state index contributed by atoms with van der Waals surface area (Å²) in [5.41, 5.74) is 1.39. The van der Waals surface area contributed by atoms with E-state index in [1.165, 1.54) is 23.4 Å². The molecule has 1 fully saturated rings. The lowest BCUT2D eigenvalue weighted by atomic mass is 10.0. The van der Waals surface area contributed by atoms with Crippen LogP contribution in [0.3, 0.4) is 0 Å². The number of thioether (sulfide) groups is 1. The number of benzene rings is 1. The lowest BCUT2D eigenvalue weighted by Gasteiger charge is -2.41. The Labute approximate surface area is 146 Å². The fraction of sp³-hybridized carbons (Fsp3) is 0.684. The molecule has 1 N–H and O–H groups in total. The molecule has 0 saturated carbocycles. The van der Waals surface area contributed by atoms with Crippen LogP contribution in [-0.4, -0.2) is 60.0 Å². The average Bonchev–Trinajstić information content (AvgIpc) is 2.55. The van der Waals surface area contributed by atoms with Crippen LogP contribution in [0, 0.1) is 5.92 Å². The van der Waals surface area contributed by atoms with Crippen molar-refractivity contribution in [3.8, 4) is 0 Å². The van der Waals surface area contributed by atoms with Crippen molar-refractivity contribution in [1.82, 2.24) is 9.80 Å². The largest absolute Gasteiger partial charge is 0.396 e. The van der Waals surface area contributed by atoms with E-state index in [2.05, 4.69) is 54.2 Å². The highest BCUT2D eigenvalue weighted by atomic mass is 32.2. The molecule has 0 aromatic heterocycles. The fourth-order valence-electron chi connectivity index (χ4n) is 3.23. The zero-order chi connectivity index (χ0) is 16.7. The topological polar surface area (TPSA) is 26.7 Å². The summed E-state index contributed by atoms with van der Waals surface area (Å²) in [6.07, 6.45) is 4.25. The van der Waals surface area contributed by atoms with Crippen molar-refractivity contribution in [3.63, 3.8) is 0 Å². The summed E-state index contributed by atoms with van der Waals surface area (Å²) in [5.74, 6) is 0.748. The molecule has 1 aliphatic heterocycles. The van der Waals surface area contributed by atoms with E-state index in [-0.39, 0.29) is 0 Å². The normalized spacial score (nSPS) is 20.3. The van der Waals surface area contributed by atoms with Crippen molar-refractivity contribution < 1.29 is 5.11 Å². The third-order valence-electron chi connectivity index (χ3n) is 4.71. The molecule has 23 heavy (non-hydrogen) atoms. The summed E-state index contributed by atoms with van der Waals surface area (Å²) in [6.45, 7) is 10.4. The van der Waals surface area contributed by atoms with Crippen LogP contribution in [0.2, 0.25) is 0 Å². The quantitative estimate of drug-likeness (QED) is 0.737. The summed E-state index contributed by atoms with van der Waals surface area (Å²) in [7, 11) is 0. The van der Waals surface area contributed by atoms with E-state index in [4.69, 9.17) is 0 Å². The molecule has 1 aromatic carbocycles. The molecule has 0 spiro atoms. The summed E-state index contributed by atoms with van der Waals surface area (Å²) in [4.78, 5) is 6.45. The van der Waals surface area contributed by atoms with E-state index in [0.717, 1.165) is 38.5 Å². The predicted molar refractivity (Wildman–Crippen MR) is 100 cm³/mol. The molecule has 4 heteroatoms. The summed E-state index contributed by atoms with van der Waals surface area (Å²) >= 11 is 1.79. The molecule has 0 aliphatic carbocycles. The first kappa shape index (κ1) is 18.8. The molecule has 3 nitrogen and oxygen atoms in total. The Hall–Kier alpha value is -0.550. The van der Waals surface area contributed by atoms with Crippen LogP contribution in [0.4, 0.5) is 0 Å². The number of hydrogen-bond acceptors (Lipinski definition) is 4. The third-order valence-corrected chi connectivity index (χ3v) is 5.45. The van der Waals surface area contributed by atoms with Crippen molar-refractivity contribution in [2.45, 2.75) is 44.2 Å². The van der Waals surface area contributed by atoms with Crippen molar-refractivity contribution in [2.75, 3.05) is 39.0 Å². The highest BCUT2D eigenvalue weighted by molar-refractivity contribution is 7.98. The van der Waals surface area contributed by atoms with Crippen molar-refractivity contribution in [2.24, 2.45) is 5.92 Å². The van der Waals surface area contributed by atoms with E-state index in [1.54, 1.807) is 11.8 Å². The van der Waals surface area contributed by atoms with Crippen molar-refractivity contribution in [1.29, 1.82) is 0 Å². The number of nitrogens with zero attached hydrogens (tertiary/aromatic N) is 2. The Morgan fingerprint density at radius 2 is 1.96 bits per heavy atom. The van der Waals surface area contributed by atoms with Gasteiger partial charge in [-0.1, -0.05) is 26.0 Å². The molecule has 1 saturated heterocycles. The van der Waals surface area contributed by atoms with Crippen molar-refractivity contribution in [3.05, 3.63) is 29.8 Å². The molecule has 1 atom stereocenters. The predicted octanol–water partition coefficient (Wildman–Crippen LogP) is 3.32. The maximum atomic E-state index is 9.40. The minimum absolute atomic E-state index is 0.291. The highest BCUT2D eigenvalue weighted by Gasteiger charge is 2.26. The van der Waals surface area contributed by atoms with Gasteiger partial charge >= 0.3 is 0 Å². The molecule has 0 radical (unpaired) electrons. The van der Waals surface area contributed by atoms with E-state index >= 15 is 0 Å². The van der Waals surface area contributed by atoms with Gasteiger partial charge in [-0.15, -0.1) is 11.8 Å². The van der Waals surface area contributed by atoms with Crippen LogP contribution in [0.5, 0.6) is 0 Å². The van der Waals surface area contributed by atoms with E-state index in [9.17, 15) is 5.11 Å². The van der Waals surface area contributed by atoms with Crippen LogP contribution < -0.4 is 0 Å². The van der Waals surface area contributed by atoms with E-state index in [0.29, 0.717) is 12.6 Å². The minimum atomic E-state index is 0.291. The number of hydrogen-bond donors (Lipinski definition) is 1. The monoisotopic (exact) mass is 336 g/mol. The van der Waals surface area contributed by atoms with Crippen LogP contribution >= 0.6 is 11.8 Å². The molecule has 1 aliphatic rings. The van der Waals surface area contributed by atoms with Gasteiger partial charge in [0.25, 0.3) is 0 Å². The summed E-state index contributed by atoms with van der Waals surface area (Å²) in [6, 6.07) is 9.42. The second-order valence-corrected chi connectivity index (χ2v) is 7.85. The fourth-order valence-corrected chi connectivity index (χ4v) is 3.64. The van der Waals surface area contributed by atoms with Crippen LogP contribution in [-0.2, 0) is 6.54 Å². The van der Waals surface area contributed by atoms with Crippen molar-refractivity contribution >= 4 is 11.8 Å². The van der Waals surface area contributed by atoms with Gasteiger partial charge < -0.3 is 5.11 Å². The summed E-state index contributed by atoms with van der Waals surface area (Å²) < 4.78 is 0. The van der Waals surface area contributed by atoms with Crippen LogP contribution in [0.25, 0.3) is 0 Å². The molecule has 130 valence electrons. The molecule has 2 rings (SSSR count). The first-order chi connectivity index (χ1) is 11.1. The third kappa shape index (κ3) is 6.11. The molecule has 1 aromatic rings. The van der Waals surface area contributed by atoms with Gasteiger partial charge in [0.1, 0.15) is 0 Å². The first-order valence-electron chi connectivity index (χ1n) is 8.82. The maximum absolute atomic E-state index is 9.40. The Morgan fingerprint density at radius 1 is 1.22 bits per heavy atom. The number of aliphatic hydroxyl groups is 1. The number of rotatable bonds is 8. The van der Waals surface area contributed by atoms with Gasteiger partial charge in [-0.05, 0) is 49.3 Å². The second-order valence-electron chi connectivity index (χ2n) is 6.97. The van der Waals surface area contributed by atoms with Gasteiger partial charge in [0.15, 0.2) is 0 Å². The van der Waals surface area contributed by atoms with Gasteiger partial charge in [-0.25, -0.2) is 0 Å². The zero-order valence-electron chi connectivity index (χ0n) is 14.9. The standard InChI is InChI=1S/C19H32N2OS/c1-16(2)8-10-21-12-11-20(15-18(21)9-13-22)14-17-4-6-19(23-3)7-5-17/h4-7,16,18,22H,8-15H2,1-3H3/t18-/m0/s1. The molecule has 0 unspecified atom stereocenters. The van der Waals surface area contributed by atoms with Gasteiger partial charge in [-0.2, -0.15) is 0 Å². The highest BCUT2D eigenvalue weighted by Crippen LogP contribution is 2.19. The molecule has 1 heterocycles. The van der Waals surface area contributed by atoms with E-state index in [1.807, 2.05) is 0 Å². The van der Waals surface area contributed by atoms with E-state index < -0.39 is 0 Å². The smallest absolute Gasteiger partial charge is 0.0446 e. The number of piperazine rings is 1. The average molecular weight is 337 g/mol. The zero-order valence-corrected chi connectivity index (χ0v) is 15.7. The Morgan fingerprint density at radius 3 is 2.57 bits per heavy atom. The second kappa shape index (κ2) is 9.67. The van der Waals surface area contributed by atoms with Gasteiger partial charge in [-0.3, -0.25) is 9.80 Å². The molecular formula is C19H32N2OS. The Kier molecular flexibility index (Phi) is 7.90. The Bertz CT molecular complexity index is 449. The molecular weight excluding hydrogens is 304 g/mol. The number of aliphatic hydroxyl groups excluding tert-OH is 1. The Balaban J connectivity index is 1.89. The maximum Gasteiger partial charge on any atom is 0.0446 e. The SMILES string of the molecule is CSc1ccc(CN2CCN(CCC(C)C)[C@@H](CCO)C2)cc1. The van der Waals surface area contributed by atoms with Gasteiger partial charge in [0.2, 0.25) is 0 Å². The first-order valence-corrected chi connectivity index (χ1v) is 10.0. The van der Waals surface area contributed by atoms with Crippen LogP contribution in [0.1, 0.15) is 32.3 Å². The van der Waals surface area contributed by atoms with Gasteiger partial charge in [0.05, 0.1) is 0 Å².